The number of carboxylic acids is 1. The first kappa shape index (κ1) is 19.1. The van der Waals surface area contributed by atoms with Gasteiger partial charge in [0.25, 0.3) is 0 Å². The van der Waals surface area contributed by atoms with Crippen molar-refractivity contribution in [2.45, 2.75) is 25.3 Å². The summed E-state index contributed by atoms with van der Waals surface area (Å²) in [7, 11) is 1.63. The molecule has 0 aliphatic heterocycles. The molecule has 10 nitrogen and oxygen atoms in total. The van der Waals surface area contributed by atoms with Crippen molar-refractivity contribution in [1.29, 1.82) is 0 Å². The van der Waals surface area contributed by atoms with Crippen molar-refractivity contribution >= 4 is 23.1 Å². The van der Waals surface area contributed by atoms with Gasteiger partial charge in [0.15, 0.2) is 11.2 Å². The van der Waals surface area contributed by atoms with Gasteiger partial charge in [0.1, 0.15) is 12.4 Å². The first-order valence-electron chi connectivity index (χ1n) is 9.44. The standard InChI is InChI=1S/C19H22N6O4/c1-28-8-9-29-15-6-4-14(5-7-15)25-17-16(23-24-25)11-20-19(22-17)21-13-3-2-12(10-13)18(26)27/h4-7,11-13H,2-3,8-10H2,1H3,(H,26,27)(H,20,21,22)/t12-,13-/m1/s1. The fourth-order valence-electron chi connectivity index (χ4n) is 3.42. The second-order valence-corrected chi connectivity index (χ2v) is 6.93. The zero-order chi connectivity index (χ0) is 20.2. The maximum atomic E-state index is 11.1. The van der Waals surface area contributed by atoms with Crippen LogP contribution in [-0.4, -0.2) is 62.4 Å². The summed E-state index contributed by atoms with van der Waals surface area (Å²) in [6.07, 6.45) is 3.62. The lowest BCUT2D eigenvalue weighted by molar-refractivity contribution is -0.141. The minimum atomic E-state index is -0.748. The molecule has 0 unspecified atom stereocenters. The molecule has 1 aromatic carbocycles. The quantitative estimate of drug-likeness (QED) is 0.547. The number of ether oxygens (including phenoxy) is 2. The SMILES string of the molecule is COCCOc1ccc(-n2nnc3cnc(N[C@@H]4CC[C@@H](C(=O)O)C4)nc32)cc1. The summed E-state index contributed by atoms with van der Waals surface area (Å²) in [6.45, 7) is 1.00. The first-order chi connectivity index (χ1) is 14.1. The molecule has 1 fully saturated rings. The second-order valence-electron chi connectivity index (χ2n) is 6.93. The van der Waals surface area contributed by atoms with Crippen LogP contribution < -0.4 is 10.1 Å². The van der Waals surface area contributed by atoms with E-state index in [1.165, 1.54) is 0 Å². The number of methoxy groups -OCH3 is 1. The van der Waals surface area contributed by atoms with Crippen LogP contribution in [0.15, 0.2) is 30.5 Å². The zero-order valence-corrected chi connectivity index (χ0v) is 16.0. The van der Waals surface area contributed by atoms with E-state index in [4.69, 9.17) is 14.6 Å². The number of hydrogen-bond donors (Lipinski definition) is 2. The van der Waals surface area contributed by atoms with Crippen LogP contribution in [0, 0.1) is 5.92 Å². The van der Waals surface area contributed by atoms with Crippen molar-refractivity contribution in [2.75, 3.05) is 25.6 Å². The third-order valence-electron chi connectivity index (χ3n) is 4.95. The molecule has 0 radical (unpaired) electrons. The second kappa shape index (κ2) is 8.39. The lowest BCUT2D eigenvalue weighted by Crippen LogP contribution is -2.19. The van der Waals surface area contributed by atoms with Gasteiger partial charge in [-0.15, -0.1) is 5.10 Å². The number of carboxylic acid groups (broad SMARTS) is 1. The lowest BCUT2D eigenvalue weighted by atomic mass is 10.1. The molecule has 152 valence electrons. The lowest BCUT2D eigenvalue weighted by Gasteiger charge is -2.12. The summed E-state index contributed by atoms with van der Waals surface area (Å²) in [5.41, 5.74) is 1.94. The van der Waals surface area contributed by atoms with Crippen LogP contribution in [0.25, 0.3) is 16.9 Å². The van der Waals surface area contributed by atoms with Gasteiger partial charge in [0.2, 0.25) is 5.95 Å². The number of nitrogens with one attached hydrogen (secondary N) is 1. The van der Waals surface area contributed by atoms with E-state index < -0.39 is 5.97 Å². The molecule has 2 N–H and O–H groups in total. The highest BCUT2D eigenvalue weighted by Crippen LogP contribution is 2.28. The van der Waals surface area contributed by atoms with E-state index in [-0.39, 0.29) is 12.0 Å². The Balaban J connectivity index is 1.51. The predicted molar refractivity (Wildman–Crippen MR) is 104 cm³/mol. The van der Waals surface area contributed by atoms with Crippen LogP contribution in [0.2, 0.25) is 0 Å². The number of anilines is 1. The molecule has 1 aliphatic carbocycles. The average Bonchev–Trinajstić information content (AvgIpc) is 3.36. The highest BCUT2D eigenvalue weighted by molar-refractivity contribution is 5.72. The number of carbonyl (C=O) groups is 1. The fourth-order valence-corrected chi connectivity index (χ4v) is 3.42. The number of hydrogen-bond acceptors (Lipinski definition) is 8. The minimum Gasteiger partial charge on any atom is -0.491 e. The van der Waals surface area contributed by atoms with Gasteiger partial charge in [-0.25, -0.2) is 4.98 Å². The van der Waals surface area contributed by atoms with E-state index in [2.05, 4.69) is 25.6 Å². The highest BCUT2D eigenvalue weighted by atomic mass is 16.5. The van der Waals surface area contributed by atoms with Crippen molar-refractivity contribution in [3.05, 3.63) is 30.5 Å². The van der Waals surface area contributed by atoms with Crippen molar-refractivity contribution in [3.63, 3.8) is 0 Å². The summed E-state index contributed by atoms with van der Waals surface area (Å²) < 4.78 is 12.2. The molecule has 0 bridgehead atoms. The average molecular weight is 398 g/mol. The third kappa shape index (κ3) is 4.27. The number of aliphatic carboxylic acids is 1. The van der Waals surface area contributed by atoms with Gasteiger partial charge in [-0.1, -0.05) is 5.21 Å². The first-order valence-corrected chi connectivity index (χ1v) is 9.44. The Labute approximate surface area is 166 Å². The molecular weight excluding hydrogens is 376 g/mol. The van der Waals surface area contributed by atoms with Gasteiger partial charge in [0, 0.05) is 13.2 Å². The van der Waals surface area contributed by atoms with Crippen molar-refractivity contribution < 1.29 is 19.4 Å². The maximum Gasteiger partial charge on any atom is 0.306 e. The monoisotopic (exact) mass is 398 g/mol. The Hall–Kier alpha value is -3.27. The number of benzene rings is 1. The summed E-state index contributed by atoms with van der Waals surface area (Å²) in [4.78, 5) is 20.0. The predicted octanol–water partition coefficient (Wildman–Crippen LogP) is 1.90. The fraction of sp³-hybridized carbons (Fsp3) is 0.421. The van der Waals surface area contributed by atoms with Crippen molar-refractivity contribution in [1.82, 2.24) is 25.0 Å². The zero-order valence-electron chi connectivity index (χ0n) is 16.0. The third-order valence-corrected chi connectivity index (χ3v) is 4.95. The Morgan fingerprint density at radius 3 is 2.83 bits per heavy atom. The molecule has 2 atom stereocenters. The van der Waals surface area contributed by atoms with E-state index in [0.29, 0.717) is 43.2 Å². The van der Waals surface area contributed by atoms with Gasteiger partial charge in [-0.05, 0) is 43.5 Å². The summed E-state index contributed by atoms with van der Waals surface area (Å²) in [6, 6.07) is 7.49. The van der Waals surface area contributed by atoms with Crippen LogP contribution >= 0.6 is 0 Å². The molecule has 0 spiro atoms. The Kier molecular flexibility index (Phi) is 5.52. The molecule has 29 heavy (non-hydrogen) atoms. The molecule has 2 aromatic heterocycles. The highest BCUT2D eigenvalue weighted by Gasteiger charge is 2.30. The summed E-state index contributed by atoms with van der Waals surface area (Å²) in [5.74, 6) is 0.119. The molecule has 10 heteroatoms. The van der Waals surface area contributed by atoms with E-state index in [9.17, 15) is 4.79 Å². The van der Waals surface area contributed by atoms with Crippen LogP contribution in [0.1, 0.15) is 19.3 Å². The summed E-state index contributed by atoms with van der Waals surface area (Å²) >= 11 is 0. The number of aromatic nitrogens is 5. The van der Waals surface area contributed by atoms with E-state index in [0.717, 1.165) is 17.9 Å². The van der Waals surface area contributed by atoms with Crippen molar-refractivity contribution in [2.24, 2.45) is 5.92 Å². The molecule has 3 aromatic rings. The van der Waals surface area contributed by atoms with Gasteiger partial charge < -0.3 is 19.9 Å². The van der Waals surface area contributed by atoms with Gasteiger partial charge in [0.05, 0.1) is 24.4 Å². The van der Waals surface area contributed by atoms with Crippen molar-refractivity contribution in [3.8, 4) is 11.4 Å². The Morgan fingerprint density at radius 1 is 1.28 bits per heavy atom. The van der Waals surface area contributed by atoms with Crippen LogP contribution in [-0.2, 0) is 9.53 Å². The molecule has 4 rings (SSSR count). The van der Waals surface area contributed by atoms with Gasteiger partial charge in [-0.3, -0.25) is 4.79 Å². The Bertz CT molecular complexity index is 990. The van der Waals surface area contributed by atoms with Crippen LogP contribution in [0.4, 0.5) is 5.95 Å². The largest absolute Gasteiger partial charge is 0.491 e. The van der Waals surface area contributed by atoms with E-state index in [1.807, 2.05) is 24.3 Å². The summed E-state index contributed by atoms with van der Waals surface area (Å²) in [5, 5.41) is 20.7. The Morgan fingerprint density at radius 2 is 2.10 bits per heavy atom. The van der Waals surface area contributed by atoms with Gasteiger partial charge >= 0.3 is 5.97 Å². The number of fused-ring (bicyclic) bond motifs is 1. The number of nitrogens with zero attached hydrogens (tertiary/aromatic N) is 5. The normalized spacial score (nSPS) is 18.8. The molecule has 0 amide bonds. The maximum absolute atomic E-state index is 11.1. The van der Waals surface area contributed by atoms with E-state index in [1.54, 1.807) is 18.0 Å². The van der Waals surface area contributed by atoms with Crippen LogP contribution in [0.5, 0.6) is 5.75 Å². The number of rotatable bonds is 8. The van der Waals surface area contributed by atoms with Gasteiger partial charge in [-0.2, -0.15) is 9.67 Å². The molecule has 1 aliphatic rings. The van der Waals surface area contributed by atoms with Crippen LogP contribution in [0.3, 0.4) is 0 Å². The molecule has 0 saturated heterocycles. The minimum absolute atomic E-state index is 0.0430. The van der Waals surface area contributed by atoms with E-state index >= 15 is 0 Å². The molecular formula is C19H22N6O4. The molecule has 2 heterocycles. The topological polar surface area (TPSA) is 124 Å². The molecule has 1 saturated carbocycles. The smallest absolute Gasteiger partial charge is 0.306 e.